The second-order valence-corrected chi connectivity index (χ2v) is 3.01. The van der Waals surface area contributed by atoms with E-state index in [2.05, 4.69) is 0 Å². The second-order valence-electron chi connectivity index (χ2n) is 3.01. The molecule has 0 aromatic carbocycles. The highest BCUT2D eigenvalue weighted by molar-refractivity contribution is 5.78. The molecule has 4 heteroatoms. The molecule has 0 saturated heterocycles. The van der Waals surface area contributed by atoms with Crippen molar-refractivity contribution in [3.63, 3.8) is 0 Å². The van der Waals surface area contributed by atoms with E-state index in [1.165, 1.54) is 0 Å². The van der Waals surface area contributed by atoms with Gasteiger partial charge in [0, 0.05) is 20.1 Å². The molecule has 0 rings (SSSR count). The van der Waals surface area contributed by atoms with Gasteiger partial charge in [-0.1, -0.05) is 6.92 Å². The van der Waals surface area contributed by atoms with Gasteiger partial charge in [0.25, 0.3) is 0 Å². The van der Waals surface area contributed by atoms with E-state index >= 15 is 0 Å². The van der Waals surface area contributed by atoms with Crippen molar-refractivity contribution in [2.75, 3.05) is 20.1 Å². The Morgan fingerprint density at radius 3 is 2.69 bits per heavy atom. The Morgan fingerprint density at radius 1 is 1.69 bits per heavy atom. The van der Waals surface area contributed by atoms with Crippen molar-refractivity contribution in [1.82, 2.24) is 4.90 Å². The van der Waals surface area contributed by atoms with E-state index in [0.717, 1.165) is 6.42 Å². The van der Waals surface area contributed by atoms with E-state index in [1.54, 1.807) is 11.9 Å². The first-order valence-electron chi connectivity index (χ1n) is 4.49. The number of carbonyl (C=O) groups excluding carboxylic acids is 1. The average Bonchev–Trinajstić information content (AvgIpc) is 2.15. The number of nitriles is 1. The molecule has 1 atom stereocenters. The van der Waals surface area contributed by atoms with Crippen LogP contribution in [0.1, 0.15) is 19.8 Å². The number of carbonyl (C=O) groups is 1. The monoisotopic (exact) mass is 183 g/mol. The minimum Gasteiger partial charge on any atom is -0.344 e. The molecule has 1 unspecified atom stereocenters. The van der Waals surface area contributed by atoms with Crippen LogP contribution in [0, 0.1) is 17.2 Å². The third kappa shape index (κ3) is 3.90. The minimum absolute atomic E-state index is 0.0419. The lowest BCUT2D eigenvalue weighted by atomic mass is 10.1. The number of nitrogens with zero attached hydrogens (tertiary/aromatic N) is 2. The minimum atomic E-state index is -0.0938. The number of hydrogen-bond acceptors (Lipinski definition) is 3. The highest BCUT2D eigenvalue weighted by Gasteiger charge is 2.17. The van der Waals surface area contributed by atoms with Crippen LogP contribution in [0.4, 0.5) is 0 Å². The van der Waals surface area contributed by atoms with Crippen LogP contribution in [0.15, 0.2) is 0 Å². The van der Waals surface area contributed by atoms with Crippen LogP contribution in [0.25, 0.3) is 0 Å². The maximum absolute atomic E-state index is 11.5. The van der Waals surface area contributed by atoms with Gasteiger partial charge >= 0.3 is 0 Å². The fourth-order valence-electron chi connectivity index (χ4n) is 1.08. The first-order chi connectivity index (χ1) is 6.17. The average molecular weight is 183 g/mol. The summed E-state index contributed by atoms with van der Waals surface area (Å²) in [6.07, 6.45) is 1.13. The van der Waals surface area contributed by atoms with Gasteiger partial charge in [-0.2, -0.15) is 5.26 Å². The van der Waals surface area contributed by atoms with Gasteiger partial charge in [0.2, 0.25) is 5.91 Å². The van der Waals surface area contributed by atoms with E-state index in [0.29, 0.717) is 19.5 Å². The van der Waals surface area contributed by atoms with Gasteiger partial charge in [-0.15, -0.1) is 0 Å². The molecular formula is C9H17N3O. The molecule has 0 aromatic rings. The Morgan fingerprint density at radius 2 is 2.31 bits per heavy atom. The summed E-state index contributed by atoms with van der Waals surface area (Å²) < 4.78 is 0. The second kappa shape index (κ2) is 6.44. The first kappa shape index (κ1) is 11.9. The molecule has 0 aliphatic heterocycles. The van der Waals surface area contributed by atoms with Crippen molar-refractivity contribution in [2.24, 2.45) is 11.7 Å². The lowest BCUT2D eigenvalue weighted by Crippen LogP contribution is -2.36. The predicted octanol–water partition coefficient (Wildman–Crippen LogP) is 0.343. The lowest BCUT2D eigenvalue weighted by Gasteiger charge is -2.20. The fourth-order valence-corrected chi connectivity index (χ4v) is 1.08. The zero-order valence-corrected chi connectivity index (χ0v) is 8.29. The molecule has 0 fully saturated rings. The molecule has 0 spiro atoms. The van der Waals surface area contributed by atoms with Gasteiger partial charge in [0.1, 0.15) is 0 Å². The van der Waals surface area contributed by atoms with Gasteiger partial charge in [-0.05, 0) is 6.42 Å². The molecule has 4 nitrogen and oxygen atoms in total. The molecule has 2 N–H and O–H groups in total. The number of rotatable bonds is 5. The Hall–Kier alpha value is -1.08. The van der Waals surface area contributed by atoms with Gasteiger partial charge in [-0.25, -0.2) is 0 Å². The maximum atomic E-state index is 11.5. The molecule has 0 radical (unpaired) electrons. The summed E-state index contributed by atoms with van der Waals surface area (Å²) in [7, 11) is 1.71. The normalized spacial score (nSPS) is 11.8. The fraction of sp³-hybridized carbons (Fsp3) is 0.778. The van der Waals surface area contributed by atoms with Crippen molar-refractivity contribution in [3.8, 4) is 6.07 Å². The van der Waals surface area contributed by atoms with Crippen molar-refractivity contribution in [1.29, 1.82) is 5.26 Å². The van der Waals surface area contributed by atoms with E-state index in [-0.39, 0.29) is 11.8 Å². The lowest BCUT2D eigenvalue weighted by molar-refractivity contribution is -0.133. The molecular weight excluding hydrogens is 166 g/mol. The SMILES string of the molecule is CCC(CN)C(=O)N(C)CCC#N. The molecule has 1 amide bonds. The van der Waals surface area contributed by atoms with Crippen molar-refractivity contribution < 1.29 is 4.79 Å². The molecule has 0 bridgehead atoms. The molecule has 0 aliphatic rings. The summed E-state index contributed by atoms with van der Waals surface area (Å²) in [5.41, 5.74) is 5.44. The number of nitrogens with two attached hydrogens (primary N) is 1. The van der Waals surface area contributed by atoms with Gasteiger partial charge in [0.15, 0.2) is 0 Å². The summed E-state index contributed by atoms with van der Waals surface area (Å²) in [5, 5.41) is 8.34. The molecule has 0 aliphatic carbocycles. The Labute approximate surface area is 79.3 Å². The summed E-state index contributed by atoms with van der Waals surface area (Å²) in [6, 6.07) is 2.00. The third-order valence-electron chi connectivity index (χ3n) is 2.06. The highest BCUT2D eigenvalue weighted by Crippen LogP contribution is 2.04. The largest absolute Gasteiger partial charge is 0.344 e. The summed E-state index contributed by atoms with van der Waals surface area (Å²) in [6.45, 7) is 2.81. The Bertz CT molecular complexity index is 194. The third-order valence-corrected chi connectivity index (χ3v) is 2.06. The summed E-state index contributed by atoms with van der Waals surface area (Å²) in [5.74, 6) is -0.0519. The van der Waals surface area contributed by atoms with Crippen molar-refractivity contribution in [3.05, 3.63) is 0 Å². The van der Waals surface area contributed by atoms with Crippen LogP contribution in [0.5, 0.6) is 0 Å². The van der Waals surface area contributed by atoms with Crippen LogP contribution in [-0.2, 0) is 4.79 Å². The number of hydrogen-bond donors (Lipinski definition) is 1. The smallest absolute Gasteiger partial charge is 0.226 e. The van der Waals surface area contributed by atoms with Crippen molar-refractivity contribution >= 4 is 5.91 Å². The van der Waals surface area contributed by atoms with E-state index in [4.69, 9.17) is 11.0 Å². The Balaban J connectivity index is 4.00. The van der Waals surface area contributed by atoms with Gasteiger partial charge in [0.05, 0.1) is 18.4 Å². The molecule has 74 valence electrons. The molecule has 0 aromatic heterocycles. The van der Waals surface area contributed by atoms with E-state index < -0.39 is 0 Å². The van der Waals surface area contributed by atoms with Crippen LogP contribution < -0.4 is 5.73 Å². The first-order valence-corrected chi connectivity index (χ1v) is 4.49. The zero-order chi connectivity index (χ0) is 10.3. The van der Waals surface area contributed by atoms with Crippen LogP contribution >= 0.6 is 0 Å². The van der Waals surface area contributed by atoms with Gasteiger partial charge < -0.3 is 10.6 Å². The van der Waals surface area contributed by atoms with E-state index in [9.17, 15) is 4.79 Å². The quantitative estimate of drug-likeness (QED) is 0.668. The van der Waals surface area contributed by atoms with E-state index in [1.807, 2.05) is 13.0 Å². The van der Waals surface area contributed by atoms with Crippen LogP contribution in [0.2, 0.25) is 0 Å². The summed E-state index contributed by atoms with van der Waals surface area (Å²) >= 11 is 0. The summed E-state index contributed by atoms with van der Waals surface area (Å²) in [4.78, 5) is 13.1. The predicted molar refractivity (Wildman–Crippen MR) is 50.7 cm³/mol. The highest BCUT2D eigenvalue weighted by atomic mass is 16.2. The molecule has 0 saturated carbocycles. The Kier molecular flexibility index (Phi) is 5.90. The molecule has 13 heavy (non-hydrogen) atoms. The molecule has 0 heterocycles. The van der Waals surface area contributed by atoms with Crippen molar-refractivity contribution in [2.45, 2.75) is 19.8 Å². The zero-order valence-electron chi connectivity index (χ0n) is 8.29. The van der Waals surface area contributed by atoms with Crippen LogP contribution in [0.3, 0.4) is 0 Å². The number of amides is 1. The van der Waals surface area contributed by atoms with Crippen LogP contribution in [-0.4, -0.2) is 30.9 Å². The maximum Gasteiger partial charge on any atom is 0.226 e. The standard InChI is InChI=1S/C9H17N3O/c1-3-8(7-11)9(13)12(2)6-4-5-10/h8H,3-4,6-7,11H2,1-2H3. The topological polar surface area (TPSA) is 70.1 Å². The van der Waals surface area contributed by atoms with Gasteiger partial charge in [-0.3, -0.25) is 4.79 Å².